The second kappa shape index (κ2) is 189. The molecule has 0 aliphatic rings. The van der Waals surface area contributed by atoms with Crippen molar-refractivity contribution in [2.24, 2.45) is 0 Å². The van der Waals surface area contributed by atoms with Crippen LogP contribution in [0.5, 0.6) is 0 Å². The van der Waals surface area contributed by atoms with Gasteiger partial charge >= 0.3 is 34.7 Å². The summed E-state index contributed by atoms with van der Waals surface area (Å²) in [6, 6.07) is 0. The Morgan fingerprint density at radius 3 is 0.500 bits per heavy atom. The van der Waals surface area contributed by atoms with Crippen LogP contribution in [0.3, 0.4) is 0 Å². The zero-order valence-corrected chi connectivity index (χ0v) is 5.40. The molecule has 0 aliphatic heterocycles. The molecule has 0 aromatic carbocycles. The standard InChI is InChI=1S/2Al.He.3O/q2*+3;;3*-2. The van der Waals surface area contributed by atoms with Crippen LogP contribution in [0.15, 0.2) is 0 Å². The van der Waals surface area contributed by atoms with Gasteiger partial charge < -0.3 is 16.4 Å². The summed E-state index contributed by atoms with van der Waals surface area (Å²) >= 11 is 0. The van der Waals surface area contributed by atoms with E-state index in [1.807, 2.05) is 0 Å². The first-order valence-electron chi connectivity index (χ1n) is 0. The number of hydrogen-bond donors (Lipinski definition) is 0. The zero-order chi connectivity index (χ0) is 0. The minimum absolute atomic E-state index is 0. The molecule has 0 heterocycles. The molecule has 0 atom stereocenters. The van der Waals surface area contributed by atoms with E-state index in [0.29, 0.717) is 0 Å². The predicted octanol–water partition coefficient (Wildman–Crippen LogP) is -1.12. The van der Waals surface area contributed by atoms with E-state index in [0.717, 1.165) is 0 Å². The van der Waals surface area contributed by atoms with Crippen molar-refractivity contribution < 1.29 is 22.6 Å². The van der Waals surface area contributed by atoms with Gasteiger partial charge in [0.25, 0.3) is 0 Å². The summed E-state index contributed by atoms with van der Waals surface area (Å²) in [6.45, 7) is 0. The van der Waals surface area contributed by atoms with E-state index in [-0.39, 0.29) is 57.3 Å². The van der Waals surface area contributed by atoms with E-state index < -0.39 is 0 Å². The first-order valence-corrected chi connectivity index (χ1v) is 0. The fourth-order valence-electron chi connectivity index (χ4n) is 0. The number of hydrogen-bond acceptors (Lipinski definition) is 0. The van der Waals surface area contributed by atoms with E-state index >= 15 is 0 Å². The van der Waals surface area contributed by atoms with Gasteiger partial charge in [-0.05, 0) is 0 Å². The Kier molecular flexibility index (Phi) is 10200. The Morgan fingerprint density at radius 1 is 0.500 bits per heavy atom. The third-order valence-electron chi connectivity index (χ3n) is 0. The molecular formula is Al2HeO3. The van der Waals surface area contributed by atoms with Crippen molar-refractivity contribution in [3.63, 3.8) is 0 Å². The van der Waals surface area contributed by atoms with Gasteiger partial charge in [0.15, 0.2) is 0 Å². The van der Waals surface area contributed by atoms with Gasteiger partial charge in [-0.3, -0.25) is 0 Å². The Hall–Kier alpha value is 0.854. The fourth-order valence-corrected chi connectivity index (χ4v) is 0. The molecule has 3 nitrogen and oxygen atoms in total. The van der Waals surface area contributed by atoms with E-state index in [9.17, 15) is 0 Å². The van der Waals surface area contributed by atoms with E-state index in [2.05, 4.69) is 0 Å². The van der Waals surface area contributed by atoms with Crippen LogP contribution in [0.2, 0.25) is 0 Å². The summed E-state index contributed by atoms with van der Waals surface area (Å²) in [6.07, 6.45) is 0. The zero-order valence-electron chi connectivity index (χ0n) is 3.09. The Labute approximate surface area is 57.7 Å². The van der Waals surface area contributed by atoms with Crippen molar-refractivity contribution in [3.8, 4) is 0 Å². The first kappa shape index (κ1) is 322. The van der Waals surface area contributed by atoms with Crippen LogP contribution in [0.25, 0.3) is 0 Å². The second-order valence-electron chi connectivity index (χ2n) is 0. The minimum Gasteiger partial charge on any atom is -2.00 e. The van der Waals surface area contributed by atoms with Gasteiger partial charge in [-0.25, -0.2) is 0 Å². The van der Waals surface area contributed by atoms with Crippen molar-refractivity contribution in [1.82, 2.24) is 0 Å². The van der Waals surface area contributed by atoms with Crippen molar-refractivity contribution in [2.45, 2.75) is 0 Å². The van der Waals surface area contributed by atoms with Gasteiger partial charge in [0, 0.05) is 6.15 Å². The third kappa shape index (κ3) is 98.9. The fraction of sp³-hybridized carbons (Fsp3) is 0. The first-order chi connectivity index (χ1) is 0. The molecule has 0 aromatic heterocycles. The monoisotopic (exact) mass is 106 g/mol. The van der Waals surface area contributed by atoms with Gasteiger partial charge in [0.2, 0.25) is 0 Å². The molecule has 0 radical (unpaired) electrons. The summed E-state index contributed by atoms with van der Waals surface area (Å²) < 4.78 is 0. The molecule has 6 heteroatoms. The molecule has 0 rings (SSSR count). The molecule has 26 valence electrons. The second-order valence-corrected chi connectivity index (χ2v) is 0. The van der Waals surface area contributed by atoms with Crippen molar-refractivity contribution in [3.05, 3.63) is 0 Å². The van der Waals surface area contributed by atoms with Gasteiger partial charge in [-0.15, -0.1) is 0 Å². The van der Waals surface area contributed by atoms with Crippen molar-refractivity contribution in [1.29, 1.82) is 0 Å². The van der Waals surface area contributed by atoms with Crippen LogP contribution >= 0.6 is 0 Å². The molecule has 0 unspecified atom stereocenters. The number of rotatable bonds is 0. The van der Waals surface area contributed by atoms with Crippen LogP contribution in [-0.2, 0) is 16.4 Å². The molecule has 0 saturated carbocycles. The molecule has 0 fully saturated rings. The molecular weight excluding hydrogens is 106 g/mol. The maximum absolute atomic E-state index is 0. The predicted molar refractivity (Wildman–Crippen MR) is 13.6 cm³/mol. The van der Waals surface area contributed by atoms with Gasteiger partial charge in [-0.2, -0.15) is 0 Å². The Balaban J connectivity index is 0. The van der Waals surface area contributed by atoms with E-state index in [1.54, 1.807) is 0 Å². The van der Waals surface area contributed by atoms with E-state index in [1.165, 1.54) is 0 Å². The van der Waals surface area contributed by atoms with Crippen LogP contribution in [0, 0.1) is 6.15 Å². The maximum atomic E-state index is 0. The van der Waals surface area contributed by atoms with Gasteiger partial charge in [0.1, 0.15) is 0 Å². The Morgan fingerprint density at radius 2 is 0.500 bits per heavy atom. The molecule has 0 N–H and O–H groups in total. The molecule has 0 spiro atoms. The molecule has 6 heavy (non-hydrogen) atoms. The summed E-state index contributed by atoms with van der Waals surface area (Å²) in [5.74, 6) is 0. The molecule has 0 bridgehead atoms. The maximum Gasteiger partial charge on any atom is 3.00 e. The van der Waals surface area contributed by atoms with Crippen molar-refractivity contribution in [2.75, 3.05) is 0 Å². The quantitative estimate of drug-likeness (QED) is 0.350. The minimum atomic E-state index is 0. The molecule has 0 aliphatic carbocycles. The molecule has 0 amide bonds. The SMILES string of the molecule is [Al+3].[Al+3].[He].[O-2].[O-2].[O-2]. The van der Waals surface area contributed by atoms with Gasteiger partial charge in [-0.1, -0.05) is 0 Å². The Bertz CT molecular complexity index is 8.75. The van der Waals surface area contributed by atoms with Crippen LogP contribution in [-0.4, -0.2) is 34.7 Å². The summed E-state index contributed by atoms with van der Waals surface area (Å²) in [7, 11) is 0. The topological polar surface area (TPSA) is 85.5 Å². The van der Waals surface area contributed by atoms with Crippen LogP contribution < -0.4 is 0 Å². The van der Waals surface area contributed by atoms with Crippen molar-refractivity contribution >= 4 is 34.7 Å². The van der Waals surface area contributed by atoms with E-state index in [4.69, 9.17) is 0 Å². The average Bonchev–Trinajstić information content (AvgIpc) is 0. The van der Waals surface area contributed by atoms with Gasteiger partial charge in [0.05, 0.1) is 0 Å². The normalized spacial score (nSPS) is 0. The molecule has 0 saturated heterocycles. The van der Waals surface area contributed by atoms with Crippen LogP contribution in [0.4, 0.5) is 0 Å². The third-order valence-corrected chi connectivity index (χ3v) is 0. The summed E-state index contributed by atoms with van der Waals surface area (Å²) in [5.41, 5.74) is 0. The van der Waals surface area contributed by atoms with Crippen LogP contribution in [0.1, 0.15) is 0 Å². The average molecular weight is 106 g/mol. The largest absolute Gasteiger partial charge is 3.00 e. The molecule has 0 aromatic rings. The smallest absolute Gasteiger partial charge is 2.00 e. The summed E-state index contributed by atoms with van der Waals surface area (Å²) in [5, 5.41) is 0. The summed E-state index contributed by atoms with van der Waals surface area (Å²) in [4.78, 5) is 0.